The molecule has 2 aromatic rings. The summed E-state index contributed by atoms with van der Waals surface area (Å²) in [7, 11) is 1.71. The van der Waals surface area contributed by atoms with E-state index in [1.54, 1.807) is 7.11 Å². The number of nitrogens with zero attached hydrogens (tertiary/aromatic N) is 3. The third kappa shape index (κ3) is 5.62. The molecule has 1 N–H and O–H groups in total. The van der Waals surface area contributed by atoms with Crippen LogP contribution in [0.4, 0.5) is 11.8 Å². The zero-order chi connectivity index (χ0) is 18.1. The van der Waals surface area contributed by atoms with E-state index in [1.807, 2.05) is 31.2 Å². The lowest BCUT2D eigenvalue weighted by molar-refractivity contribution is 0.410. The Morgan fingerprint density at radius 2 is 1.80 bits per heavy atom. The second-order valence-electron chi connectivity index (χ2n) is 6.17. The average molecular weight is 342 g/mol. The predicted octanol–water partition coefficient (Wildman–Crippen LogP) is 4.07. The molecule has 0 atom stereocenters. The summed E-state index contributed by atoms with van der Waals surface area (Å²) >= 11 is 0. The molecule has 0 unspecified atom stereocenters. The maximum atomic E-state index is 5.41. The van der Waals surface area contributed by atoms with Crippen molar-refractivity contribution in [1.29, 1.82) is 0 Å². The molecule has 5 heteroatoms. The zero-order valence-electron chi connectivity index (χ0n) is 15.9. The van der Waals surface area contributed by atoms with Gasteiger partial charge in [0.25, 0.3) is 0 Å². The molecule has 136 valence electrons. The Labute approximate surface area is 151 Å². The molecule has 0 saturated heterocycles. The molecule has 5 nitrogen and oxygen atoms in total. The van der Waals surface area contributed by atoms with Crippen molar-refractivity contribution in [3.8, 4) is 5.75 Å². The summed E-state index contributed by atoms with van der Waals surface area (Å²) < 4.78 is 5.41. The molecular weight excluding hydrogens is 312 g/mol. The molecule has 0 saturated carbocycles. The summed E-state index contributed by atoms with van der Waals surface area (Å²) in [5.41, 5.74) is 2.18. The van der Waals surface area contributed by atoms with Crippen LogP contribution in [-0.4, -0.2) is 36.7 Å². The van der Waals surface area contributed by atoms with Crippen molar-refractivity contribution < 1.29 is 4.74 Å². The SMILES string of the molecule is CCCN(CCC)c1nc(C)cc(NCCc2ccccc2OC)n1. The fraction of sp³-hybridized carbons (Fsp3) is 0.500. The molecule has 2 rings (SSSR count). The zero-order valence-corrected chi connectivity index (χ0v) is 15.9. The van der Waals surface area contributed by atoms with Crippen LogP contribution >= 0.6 is 0 Å². The van der Waals surface area contributed by atoms with Gasteiger partial charge in [0, 0.05) is 31.4 Å². The van der Waals surface area contributed by atoms with Crippen molar-refractivity contribution in [3.05, 3.63) is 41.6 Å². The van der Waals surface area contributed by atoms with Gasteiger partial charge in [-0.3, -0.25) is 0 Å². The molecule has 0 aliphatic heterocycles. The second kappa shape index (κ2) is 9.87. The molecule has 0 amide bonds. The smallest absolute Gasteiger partial charge is 0.227 e. The number of nitrogens with one attached hydrogen (secondary N) is 1. The minimum absolute atomic E-state index is 0.803. The summed E-state index contributed by atoms with van der Waals surface area (Å²) in [6, 6.07) is 10.1. The summed E-state index contributed by atoms with van der Waals surface area (Å²) in [5.74, 6) is 2.64. The third-order valence-electron chi connectivity index (χ3n) is 4.01. The van der Waals surface area contributed by atoms with Crippen molar-refractivity contribution in [2.24, 2.45) is 0 Å². The first-order valence-electron chi connectivity index (χ1n) is 9.14. The van der Waals surface area contributed by atoms with Crippen LogP contribution in [0.25, 0.3) is 0 Å². The lowest BCUT2D eigenvalue weighted by Gasteiger charge is -2.22. The van der Waals surface area contributed by atoms with Crippen molar-refractivity contribution in [2.75, 3.05) is 37.0 Å². The van der Waals surface area contributed by atoms with Gasteiger partial charge >= 0.3 is 0 Å². The van der Waals surface area contributed by atoms with Gasteiger partial charge in [-0.25, -0.2) is 4.98 Å². The molecule has 0 fully saturated rings. The predicted molar refractivity (Wildman–Crippen MR) is 105 cm³/mol. The van der Waals surface area contributed by atoms with Crippen molar-refractivity contribution in [1.82, 2.24) is 9.97 Å². The van der Waals surface area contributed by atoms with E-state index < -0.39 is 0 Å². The van der Waals surface area contributed by atoms with Crippen molar-refractivity contribution >= 4 is 11.8 Å². The quantitative estimate of drug-likeness (QED) is 0.705. The largest absolute Gasteiger partial charge is 0.496 e. The van der Waals surface area contributed by atoms with Crippen molar-refractivity contribution in [2.45, 2.75) is 40.0 Å². The molecule has 1 aromatic carbocycles. The molecule has 0 aliphatic carbocycles. The van der Waals surface area contributed by atoms with Crippen LogP contribution in [0.1, 0.15) is 37.9 Å². The maximum Gasteiger partial charge on any atom is 0.227 e. The summed E-state index contributed by atoms with van der Waals surface area (Å²) in [4.78, 5) is 11.6. The molecule has 0 radical (unpaired) electrons. The van der Waals surface area contributed by atoms with Crippen molar-refractivity contribution in [3.63, 3.8) is 0 Å². The minimum atomic E-state index is 0.803. The highest BCUT2D eigenvalue weighted by molar-refractivity contribution is 5.44. The van der Waals surface area contributed by atoms with E-state index in [1.165, 1.54) is 5.56 Å². The standard InChI is InChI=1S/C20H30N4O/c1-5-13-24(14-6-2)20-22-16(3)15-19(23-20)21-12-11-17-9-7-8-10-18(17)25-4/h7-10,15H,5-6,11-14H2,1-4H3,(H,21,22,23). The second-order valence-corrected chi connectivity index (χ2v) is 6.17. The van der Waals surface area contributed by atoms with E-state index in [2.05, 4.69) is 35.1 Å². The van der Waals surface area contributed by atoms with Crippen LogP contribution in [-0.2, 0) is 6.42 Å². The van der Waals surface area contributed by atoms with Crippen LogP contribution in [0.2, 0.25) is 0 Å². The van der Waals surface area contributed by atoms with E-state index in [-0.39, 0.29) is 0 Å². The van der Waals surface area contributed by atoms with Gasteiger partial charge in [0.1, 0.15) is 11.6 Å². The van der Waals surface area contributed by atoms with E-state index in [4.69, 9.17) is 9.72 Å². The summed E-state index contributed by atoms with van der Waals surface area (Å²) in [6.45, 7) is 9.16. The molecule has 0 aliphatic rings. The highest BCUT2D eigenvalue weighted by atomic mass is 16.5. The lowest BCUT2D eigenvalue weighted by atomic mass is 10.1. The number of anilines is 2. The molecule has 1 heterocycles. The fourth-order valence-electron chi connectivity index (χ4n) is 2.87. The number of aryl methyl sites for hydroxylation is 1. The Hall–Kier alpha value is -2.30. The highest BCUT2D eigenvalue weighted by Gasteiger charge is 2.10. The van der Waals surface area contributed by atoms with Gasteiger partial charge in [-0.1, -0.05) is 32.0 Å². The number of ether oxygens (including phenoxy) is 1. The van der Waals surface area contributed by atoms with Gasteiger partial charge in [0.2, 0.25) is 5.95 Å². The number of methoxy groups -OCH3 is 1. The van der Waals surface area contributed by atoms with Crippen LogP contribution < -0.4 is 15.0 Å². The van der Waals surface area contributed by atoms with Gasteiger partial charge in [0.05, 0.1) is 7.11 Å². The van der Waals surface area contributed by atoms with Gasteiger partial charge in [-0.2, -0.15) is 4.98 Å². The number of hydrogen-bond donors (Lipinski definition) is 1. The average Bonchev–Trinajstić information content (AvgIpc) is 2.61. The first-order chi connectivity index (χ1) is 12.2. The topological polar surface area (TPSA) is 50.3 Å². The molecule has 1 aromatic heterocycles. The normalized spacial score (nSPS) is 10.6. The fourth-order valence-corrected chi connectivity index (χ4v) is 2.87. The summed E-state index contributed by atoms with van der Waals surface area (Å²) in [5, 5.41) is 3.43. The molecule has 0 spiro atoms. The highest BCUT2D eigenvalue weighted by Crippen LogP contribution is 2.18. The van der Waals surface area contributed by atoms with E-state index in [0.29, 0.717) is 0 Å². The number of para-hydroxylation sites is 1. The number of aromatic nitrogens is 2. The first-order valence-corrected chi connectivity index (χ1v) is 9.14. The Morgan fingerprint density at radius 1 is 1.08 bits per heavy atom. The molecule has 25 heavy (non-hydrogen) atoms. The van der Waals surface area contributed by atoms with Crippen LogP contribution in [0.15, 0.2) is 30.3 Å². The number of rotatable bonds is 10. The maximum absolute atomic E-state index is 5.41. The van der Waals surface area contributed by atoms with Crippen LogP contribution in [0, 0.1) is 6.92 Å². The third-order valence-corrected chi connectivity index (χ3v) is 4.01. The van der Waals surface area contributed by atoms with E-state index in [0.717, 1.165) is 62.1 Å². The van der Waals surface area contributed by atoms with E-state index >= 15 is 0 Å². The van der Waals surface area contributed by atoms with Gasteiger partial charge in [-0.15, -0.1) is 0 Å². The van der Waals surface area contributed by atoms with Gasteiger partial charge in [-0.05, 0) is 37.8 Å². The van der Waals surface area contributed by atoms with E-state index in [9.17, 15) is 0 Å². The minimum Gasteiger partial charge on any atom is -0.496 e. The monoisotopic (exact) mass is 342 g/mol. The Bertz CT molecular complexity index is 654. The number of hydrogen-bond acceptors (Lipinski definition) is 5. The van der Waals surface area contributed by atoms with Crippen LogP contribution in [0.5, 0.6) is 5.75 Å². The summed E-state index contributed by atoms with van der Waals surface area (Å²) in [6.07, 6.45) is 3.07. The Balaban J connectivity index is 2.04. The molecule has 0 bridgehead atoms. The van der Waals surface area contributed by atoms with Crippen LogP contribution in [0.3, 0.4) is 0 Å². The Morgan fingerprint density at radius 3 is 2.48 bits per heavy atom. The lowest BCUT2D eigenvalue weighted by Crippen LogP contribution is -2.27. The van der Waals surface area contributed by atoms with Gasteiger partial charge in [0.15, 0.2) is 0 Å². The number of benzene rings is 1. The first kappa shape index (κ1) is 19.0. The Kier molecular flexibility index (Phi) is 7.51. The van der Waals surface area contributed by atoms with Gasteiger partial charge < -0.3 is 15.0 Å². The molecular formula is C20H30N4O.